The molecule has 0 bridgehead atoms. The van der Waals surface area contributed by atoms with Crippen molar-refractivity contribution in [3.8, 4) is 0 Å². The Morgan fingerprint density at radius 2 is 1.02 bits per heavy atom. The lowest BCUT2D eigenvalue weighted by molar-refractivity contribution is -0.220. The molecule has 1 rings (SSSR count). The topological polar surface area (TPSA) is 210 Å². The quantitative estimate of drug-likeness (QED) is 0.0231. The molecule has 6 unspecified atom stereocenters. The van der Waals surface area contributed by atoms with Gasteiger partial charge in [0.25, 0.3) is 0 Å². The molecule has 0 aromatic rings. The van der Waals surface area contributed by atoms with Gasteiger partial charge in [0.1, 0.15) is 43.2 Å². The van der Waals surface area contributed by atoms with Crippen LogP contribution in [0.4, 0.5) is 0 Å². The van der Waals surface area contributed by atoms with Crippen molar-refractivity contribution in [2.45, 2.75) is 191 Å². The van der Waals surface area contributed by atoms with E-state index in [-0.39, 0.29) is 12.8 Å². The zero-order chi connectivity index (χ0) is 37.2. The number of hydrogen-bond donors (Lipinski definition) is 6. The van der Waals surface area contributed by atoms with E-state index < -0.39 is 75.7 Å². The maximum Gasteiger partial charge on any atom is 0.472 e. The number of unbranched alkanes of at least 4 members (excludes halogenated alkanes) is 16. The molecule has 1 saturated carbocycles. The lowest BCUT2D eigenvalue weighted by atomic mass is 9.85. The van der Waals surface area contributed by atoms with Crippen LogP contribution in [0.1, 0.15) is 149 Å². The number of rotatable bonds is 30. The SMILES string of the molecule is CCCCCCCC/C=C/CCCCCC(=O)O[C@H](COC(=O)CCCCCCCCCC)COP(=O)(O)OC1C(O)C(O)C(O)[C@@H](O)C1O. The fourth-order valence-electron chi connectivity index (χ4n) is 5.69. The average molecular weight is 739 g/mol. The van der Waals surface area contributed by atoms with Gasteiger partial charge in [0, 0.05) is 12.8 Å². The number of esters is 2. The Bertz CT molecular complexity index is 948. The van der Waals surface area contributed by atoms with Crippen LogP contribution in [0.2, 0.25) is 0 Å². The summed E-state index contributed by atoms with van der Waals surface area (Å²) in [6.45, 7) is 3.20. The van der Waals surface area contributed by atoms with Gasteiger partial charge in [-0.15, -0.1) is 0 Å². The van der Waals surface area contributed by atoms with Crippen LogP contribution in [0.15, 0.2) is 12.2 Å². The maximum absolute atomic E-state index is 12.7. The van der Waals surface area contributed by atoms with E-state index in [1.54, 1.807) is 0 Å². The highest BCUT2D eigenvalue weighted by atomic mass is 31.2. The van der Waals surface area contributed by atoms with Gasteiger partial charge in [-0.3, -0.25) is 18.6 Å². The lowest BCUT2D eigenvalue weighted by Gasteiger charge is -2.41. The molecule has 13 nitrogen and oxygen atoms in total. The molecule has 0 amide bonds. The normalized spacial score (nSPS) is 24.2. The van der Waals surface area contributed by atoms with Gasteiger partial charge in [0.15, 0.2) is 6.10 Å². The van der Waals surface area contributed by atoms with Crippen molar-refractivity contribution in [1.82, 2.24) is 0 Å². The van der Waals surface area contributed by atoms with Crippen LogP contribution in [-0.4, -0.2) is 98.3 Å². The van der Waals surface area contributed by atoms with Crippen molar-refractivity contribution in [3.63, 3.8) is 0 Å². The van der Waals surface area contributed by atoms with Gasteiger partial charge in [-0.1, -0.05) is 109 Å². The molecule has 0 saturated heterocycles. The summed E-state index contributed by atoms with van der Waals surface area (Å²) in [6, 6.07) is 0. The van der Waals surface area contributed by atoms with Crippen molar-refractivity contribution in [3.05, 3.63) is 12.2 Å². The molecule has 0 aromatic heterocycles. The highest BCUT2D eigenvalue weighted by Crippen LogP contribution is 2.47. The summed E-state index contributed by atoms with van der Waals surface area (Å²) in [6.07, 6.45) is 11.7. The van der Waals surface area contributed by atoms with Gasteiger partial charge in [-0.2, -0.15) is 0 Å². The largest absolute Gasteiger partial charge is 0.472 e. The van der Waals surface area contributed by atoms with Crippen LogP contribution in [0, 0.1) is 0 Å². The van der Waals surface area contributed by atoms with Crippen LogP contribution in [0.3, 0.4) is 0 Å². The van der Waals surface area contributed by atoms with E-state index in [9.17, 15) is 44.6 Å². The minimum Gasteiger partial charge on any atom is -0.462 e. The summed E-state index contributed by atoms with van der Waals surface area (Å²) in [5.74, 6) is -1.12. The molecule has 0 heterocycles. The Hall–Kier alpha value is -1.41. The molecule has 1 aliphatic carbocycles. The van der Waals surface area contributed by atoms with Crippen LogP contribution >= 0.6 is 7.82 Å². The highest BCUT2D eigenvalue weighted by molar-refractivity contribution is 7.47. The third-order valence-electron chi connectivity index (χ3n) is 8.86. The van der Waals surface area contributed by atoms with Gasteiger partial charge < -0.3 is 39.9 Å². The third kappa shape index (κ3) is 21.2. The Labute approximate surface area is 299 Å². The summed E-state index contributed by atoms with van der Waals surface area (Å²) in [5.41, 5.74) is 0. The molecule has 6 N–H and O–H groups in total. The van der Waals surface area contributed by atoms with Gasteiger partial charge in [-0.05, 0) is 38.5 Å². The second-order valence-corrected chi connectivity index (χ2v) is 14.8. The molecule has 0 spiro atoms. The summed E-state index contributed by atoms with van der Waals surface area (Å²) in [7, 11) is -5.10. The first-order chi connectivity index (χ1) is 23.9. The molecule has 0 aromatic carbocycles. The molecule has 294 valence electrons. The number of carbonyl (C=O) groups excluding carboxylic acids is 2. The van der Waals surface area contributed by atoms with E-state index in [1.165, 1.54) is 64.2 Å². The Morgan fingerprint density at radius 3 is 1.54 bits per heavy atom. The van der Waals surface area contributed by atoms with E-state index in [1.807, 2.05) is 0 Å². The van der Waals surface area contributed by atoms with E-state index in [0.717, 1.165) is 44.9 Å². The van der Waals surface area contributed by atoms with Gasteiger partial charge in [0.05, 0.1) is 6.61 Å². The minimum absolute atomic E-state index is 0.0794. The van der Waals surface area contributed by atoms with E-state index in [2.05, 4.69) is 26.0 Å². The zero-order valence-electron chi connectivity index (χ0n) is 30.4. The molecule has 50 heavy (non-hydrogen) atoms. The molecular formula is C36H67O13P. The predicted molar refractivity (Wildman–Crippen MR) is 189 cm³/mol. The second-order valence-electron chi connectivity index (χ2n) is 13.4. The van der Waals surface area contributed by atoms with E-state index in [0.29, 0.717) is 12.8 Å². The number of allylic oxidation sites excluding steroid dienone is 2. The number of aliphatic hydroxyl groups is 5. The smallest absolute Gasteiger partial charge is 0.462 e. The first-order valence-electron chi connectivity index (χ1n) is 19.0. The Kier molecular flexibility index (Phi) is 26.2. The van der Waals surface area contributed by atoms with Crippen LogP contribution < -0.4 is 0 Å². The monoisotopic (exact) mass is 738 g/mol. The number of hydrogen-bond acceptors (Lipinski definition) is 12. The first-order valence-corrected chi connectivity index (χ1v) is 20.5. The lowest BCUT2D eigenvalue weighted by Crippen LogP contribution is -2.64. The number of phosphoric ester groups is 1. The van der Waals surface area contributed by atoms with Crippen LogP contribution in [0.25, 0.3) is 0 Å². The van der Waals surface area contributed by atoms with Crippen LogP contribution in [0.5, 0.6) is 0 Å². The Morgan fingerprint density at radius 1 is 0.600 bits per heavy atom. The van der Waals surface area contributed by atoms with Crippen molar-refractivity contribution in [2.24, 2.45) is 0 Å². The van der Waals surface area contributed by atoms with Crippen molar-refractivity contribution >= 4 is 19.8 Å². The van der Waals surface area contributed by atoms with Crippen molar-refractivity contribution < 1.29 is 63.1 Å². The van der Waals surface area contributed by atoms with Gasteiger partial charge in [0.2, 0.25) is 0 Å². The summed E-state index contributed by atoms with van der Waals surface area (Å²) in [4.78, 5) is 35.3. The van der Waals surface area contributed by atoms with E-state index in [4.69, 9.17) is 18.5 Å². The molecule has 0 aliphatic heterocycles. The first kappa shape index (κ1) is 46.6. The summed E-state index contributed by atoms with van der Waals surface area (Å²) < 4.78 is 33.2. The average Bonchev–Trinajstić information content (AvgIpc) is 3.09. The maximum atomic E-state index is 12.7. The molecule has 1 fully saturated rings. The highest BCUT2D eigenvalue weighted by Gasteiger charge is 2.51. The predicted octanol–water partition coefficient (Wildman–Crippen LogP) is 5.55. The number of aliphatic hydroxyl groups excluding tert-OH is 5. The third-order valence-corrected chi connectivity index (χ3v) is 9.84. The number of ether oxygens (including phenoxy) is 2. The molecule has 14 heteroatoms. The van der Waals surface area contributed by atoms with Crippen LogP contribution in [-0.2, 0) is 32.7 Å². The van der Waals surface area contributed by atoms with Crippen molar-refractivity contribution in [2.75, 3.05) is 13.2 Å². The van der Waals surface area contributed by atoms with Crippen molar-refractivity contribution in [1.29, 1.82) is 0 Å². The molecule has 8 atom stereocenters. The van der Waals surface area contributed by atoms with Gasteiger partial charge >= 0.3 is 19.8 Å². The number of carbonyl (C=O) groups is 2. The standard InChI is InChI=1S/C36H67O13P/c1-3-5-7-9-11-13-14-15-16-17-19-21-23-25-30(38)48-28(26-46-29(37)24-22-20-18-12-10-8-6-4-2)27-47-50(44,45)49-36-34(42)32(40)31(39)33(41)35(36)43/h15-16,28,31-36,39-43H,3-14,17-27H2,1-2H3,(H,44,45)/b16-15+/t28-,31?,32-,33?,34?,35?,36?/m1/s1. The molecule has 0 radical (unpaired) electrons. The second kappa shape index (κ2) is 28.1. The minimum atomic E-state index is -5.10. The summed E-state index contributed by atoms with van der Waals surface area (Å²) in [5, 5.41) is 49.8. The Balaban J connectivity index is 2.56. The van der Waals surface area contributed by atoms with E-state index >= 15 is 0 Å². The number of phosphoric acid groups is 1. The summed E-state index contributed by atoms with van der Waals surface area (Å²) >= 11 is 0. The molecular weight excluding hydrogens is 671 g/mol. The fraction of sp³-hybridized carbons (Fsp3) is 0.889. The van der Waals surface area contributed by atoms with Gasteiger partial charge in [-0.25, -0.2) is 4.57 Å². The molecule has 1 aliphatic rings. The fourth-order valence-corrected chi connectivity index (χ4v) is 6.66. The zero-order valence-corrected chi connectivity index (χ0v) is 31.3.